The number of nitrogens with zero attached hydrogens (tertiary/aromatic N) is 1. The van der Waals surface area contributed by atoms with Crippen LogP contribution in [-0.4, -0.2) is 22.9 Å². The maximum atomic E-state index is 11.2. The molecule has 2 unspecified atom stereocenters. The molecule has 3 rings (SSSR count). The molecule has 2 nitrogen and oxygen atoms in total. The van der Waals surface area contributed by atoms with Gasteiger partial charge >= 0.3 is 0 Å². The summed E-state index contributed by atoms with van der Waals surface area (Å²) in [5.74, 6) is 0.131. The third kappa shape index (κ3) is 0.889. The van der Waals surface area contributed by atoms with Crippen molar-refractivity contribution >= 4 is 5.91 Å². The van der Waals surface area contributed by atoms with Gasteiger partial charge in [-0.3, -0.25) is 4.79 Å². The summed E-state index contributed by atoms with van der Waals surface area (Å²) < 4.78 is 0. The molecule has 2 heterocycles. The molecule has 2 heteroatoms. The largest absolute Gasteiger partial charge is 0.333 e. The van der Waals surface area contributed by atoms with Crippen molar-refractivity contribution in [2.75, 3.05) is 0 Å². The zero-order valence-corrected chi connectivity index (χ0v) is 6.62. The molecule has 11 heavy (non-hydrogen) atoms. The van der Waals surface area contributed by atoms with E-state index in [9.17, 15) is 4.79 Å². The lowest BCUT2D eigenvalue weighted by Gasteiger charge is -2.52. The third-order valence-corrected chi connectivity index (χ3v) is 2.83. The molecule has 1 saturated carbocycles. The second kappa shape index (κ2) is 2.36. The molecular formula is C9H13NO. The van der Waals surface area contributed by atoms with Crippen molar-refractivity contribution in [3.63, 3.8) is 0 Å². The lowest BCUT2D eigenvalue weighted by atomic mass is 9.79. The van der Waals surface area contributed by atoms with E-state index in [1.54, 1.807) is 0 Å². The molecule has 2 aliphatic heterocycles. The van der Waals surface area contributed by atoms with Gasteiger partial charge < -0.3 is 4.90 Å². The molecule has 0 aromatic carbocycles. The maximum absolute atomic E-state index is 11.2. The van der Waals surface area contributed by atoms with Crippen LogP contribution in [0.3, 0.4) is 0 Å². The smallest absolute Gasteiger partial charge is 0.246 e. The fourth-order valence-electron chi connectivity index (χ4n) is 2.27. The van der Waals surface area contributed by atoms with Crippen molar-refractivity contribution in [1.82, 2.24) is 4.90 Å². The lowest BCUT2D eigenvalue weighted by Crippen LogP contribution is -2.60. The summed E-state index contributed by atoms with van der Waals surface area (Å²) in [6, 6.07) is 1.11. The highest BCUT2D eigenvalue weighted by Gasteiger charge is 2.42. The predicted molar refractivity (Wildman–Crippen MR) is 43.1 cm³/mol. The van der Waals surface area contributed by atoms with Crippen molar-refractivity contribution in [3.05, 3.63) is 12.7 Å². The van der Waals surface area contributed by atoms with Gasteiger partial charge in [-0.05, 0) is 31.8 Å². The normalized spacial score (nSPS) is 34.4. The first-order valence-electron chi connectivity index (χ1n) is 4.27. The van der Waals surface area contributed by atoms with Crippen LogP contribution in [0.5, 0.6) is 0 Å². The predicted octanol–water partition coefficient (Wildman–Crippen LogP) is 1.33. The molecule has 2 saturated heterocycles. The van der Waals surface area contributed by atoms with Gasteiger partial charge in [0.25, 0.3) is 0 Å². The third-order valence-electron chi connectivity index (χ3n) is 2.83. The standard InChI is InChI=1S/C9H13NO/c1-2-9(11)10-7-4-3-5-8(10)6-7/h2,7-8H,1,3-6H2. The first-order valence-corrected chi connectivity index (χ1v) is 4.27. The minimum Gasteiger partial charge on any atom is -0.333 e. The van der Waals surface area contributed by atoms with Crippen molar-refractivity contribution in [3.8, 4) is 0 Å². The minimum absolute atomic E-state index is 0.131. The van der Waals surface area contributed by atoms with Crippen molar-refractivity contribution < 1.29 is 4.79 Å². The van der Waals surface area contributed by atoms with Crippen LogP contribution in [0.4, 0.5) is 0 Å². The fraction of sp³-hybridized carbons (Fsp3) is 0.667. The summed E-state index contributed by atoms with van der Waals surface area (Å²) in [5.41, 5.74) is 0. The first-order chi connectivity index (χ1) is 5.33. The Balaban J connectivity index is 2.05. The van der Waals surface area contributed by atoms with Gasteiger partial charge in [-0.2, -0.15) is 0 Å². The zero-order chi connectivity index (χ0) is 7.84. The molecule has 0 spiro atoms. The van der Waals surface area contributed by atoms with Gasteiger partial charge in [0.1, 0.15) is 0 Å². The number of amides is 1. The summed E-state index contributed by atoms with van der Waals surface area (Å²) in [6.07, 6.45) is 6.38. The van der Waals surface area contributed by atoms with Gasteiger partial charge in [0.15, 0.2) is 0 Å². The van der Waals surface area contributed by atoms with Crippen molar-refractivity contribution in [1.29, 1.82) is 0 Å². The van der Waals surface area contributed by atoms with E-state index < -0.39 is 0 Å². The van der Waals surface area contributed by atoms with E-state index in [1.165, 1.54) is 31.8 Å². The van der Waals surface area contributed by atoms with Crippen molar-refractivity contribution in [2.24, 2.45) is 0 Å². The van der Waals surface area contributed by atoms with E-state index in [-0.39, 0.29) is 5.91 Å². The van der Waals surface area contributed by atoms with E-state index in [1.807, 2.05) is 4.90 Å². The van der Waals surface area contributed by atoms with Crippen LogP contribution >= 0.6 is 0 Å². The highest BCUT2D eigenvalue weighted by Crippen LogP contribution is 2.37. The Hall–Kier alpha value is -0.790. The van der Waals surface area contributed by atoms with Gasteiger partial charge in [0, 0.05) is 12.1 Å². The van der Waals surface area contributed by atoms with E-state index in [0.717, 1.165) is 0 Å². The van der Waals surface area contributed by atoms with Crippen LogP contribution in [0, 0.1) is 0 Å². The zero-order valence-electron chi connectivity index (χ0n) is 6.62. The average molecular weight is 151 g/mol. The second-order valence-corrected chi connectivity index (χ2v) is 3.42. The highest BCUT2D eigenvalue weighted by atomic mass is 16.2. The summed E-state index contributed by atoms with van der Waals surface area (Å²) in [7, 11) is 0. The Bertz CT molecular complexity index is 186. The molecule has 0 aromatic heterocycles. The lowest BCUT2D eigenvalue weighted by molar-refractivity contribution is -0.143. The quantitative estimate of drug-likeness (QED) is 0.518. The first kappa shape index (κ1) is 6.89. The van der Waals surface area contributed by atoms with Crippen molar-refractivity contribution in [2.45, 2.75) is 37.8 Å². The second-order valence-electron chi connectivity index (χ2n) is 3.42. The number of hydrogen-bond acceptors (Lipinski definition) is 1. The summed E-state index contributed by atoms with van der Waals surface area (Å²) in [5, 5.41) is 0. The average Bonchev–Trinajstić information content (AvgIpc) is 2.05. The molecule has 0 N–H and O–H groups in total. The Morgan fingerprint density at radius 1 is 1.45 bits per heavy atom. The summed E-state index contributed by atoms with van der Waals surface area (Å²) in [4.78, 5) is 13.2. The number of carbonyl (C=O) groups excluding carboxylic acids is 1. The molecule has 1 amide bonds. The van der Waals surface area contributed by atoms with E-state index in [4.69, 9.17) is 0 Å². The van der Waals surface area contributed by atoms with Crippen LogP contribution in [0.25, 0.3) is 0 Å². The molecule has 2 bridgehead atoms. The van der Waals surface area contributed by atoms with Crippen LogP contribution in [0.15, 0.2) is 12.7 Å². The number of hydrogen-bond donors (Lipinski definition) is 0. The van der Waals surface area contributed by atoms with Gasteiger partial charge in [-0.25, -0.2) is 0 Å². The van der Waals surface area contributed by atoms with Crippen LogP contribution in [0.1, 0.15) is 25.7 Å². The minimum atomic E-state index is 0.131. The Kier molecular flexibility index (Phi) is 1.48. The summed E-state index contributed by atoms with van der Waals surface area (Å²) >= 11 is 0. The van der Waals surface area contributed by atoms with Crippen LogP contribution in [-0.2, 0) is 4.79 Å². The van der Waals surface area contributed by atoms with Crippen LogP contribution in [0.2, 0.25) is 0 Å². The highest BCUT2D eigenvalue weighted by molar-refractivity contribution is 5.88. The fourth-order valence-corrected chi connectivity index (χ4v) is 2.27. The molecular weight excluding hydrogens is 138 g/mol. The molecule has 3 fully saturated rings. The molecule has 3 aliphatic rings. The van der Waals surface area contributed by atoms with E-state index >= 15 is 0 Å². The molecule has 0 radical (unpaired) electrons. The SMILES string of the molecule is C=CC(=O)N1C2CCCC1C2. The van der Waals surface area contributed by atoms with E-state index in [2.05, 4.69) is 6.58 Å². The maximum Gasteiger partial charge on any atom is 0.246 e. The van der Waals surface area contributed by atoms with Gasteiger partial charge in [0.05, 0.1) is 0 Å². The van der Waals surface area contributed by atoms with Gasteiger partial charge in [-0.1, -0.05) is 6.58 Å². The van der Waals surface area contributed by atoms with Gasteiger partial charge in [-0.15, -0.1) is 0 Å². The van der Waals surface area contributed by atoms with E-state index in [0.29, 0.717) is 12.1 Å². The Labute approximate surface area is 66.9 Å². The number of fused-ring (bicyclic) bond motifs is 2. The summed E-state index contributed by atoms with van der Waals surface area (Å²) in [6.45, 7) is 3.50. The monoisotopic (exact) mass is 151 g/mol. The molecule has 2 atom stereocenters. The number of carbonyl (C=O) groups is 1. The molecule has 1 aliphatic carbocycles. The number of piperidine rings is 1. The topological polar surface area (TPSA) is 20.3 Å². The number of rotatable bonds is 1. The van der Waals surface area contributed by atoms with Crippen LogP contribution < -0.4 is 0 Å². The Morgan fingerprint density at radius 3 is 2.55 bits per heavy atom. The molecule has 0 aromatic rings. The molecule has 60 valence electrons. The Morgan fingerprint density at radius 2 is 2.09 bits per heavy atom. The van der Waals surface area contributed by atoms with Gasteiger partial charge in [0.2, 0.25) is 5.91 Å².